The number of nitrogens with zero attached hydrogens (tertiary/aromatic N) is 2. The normalized spacial score (nSPS) is 10.7. The molecule has 4 rings (SSSR count). The molecule has 0 aliphatic carbocycles. The summed E-state index contributed by atoms with van der Waals surface area (Å²) >= 11 is 1.24. The molecule has 7 nitrogen and oxygen atoms in total. The van der Waals surface area contributed by atoms with Crippen LogP contribution in [0.1, 0.15) is 31.4 Å². The number of aromatic nitrogens is 2. The van der Waals surface area contributed by atoms with Gasteiger partial charge in [0.2, 0.25) is 5.52 Å². The fourth-order valence-corrected chi connectivity index (χ4v) is 3.59. The van der Waals surface area contributed by atoms with E-state index < -0.39 is 11.8 Å². The van der Waals surface area contributed by atoms with E-state index in [1.165, 1.54) is 24.5 Å². The Kier molecular flexibility index (Phi) is 5.40. The average molecular weight is 420 g/mol. The molecular weight excluding hydrogens is 404 g/mol. The molecule has 0 saturated carbocycles. The van der Waals surface area contributed by atoms with Crippen LogP contribution in [-0.2, 0) is 11.3 Å². The molecule has 0 radical (unpaired) electrons. The summed E-state index contributed by atoms with van der Waals surface area (Å²) in [6, 6.07) is 16.6. The summed E-state index contributed by atoms with van der Waals surface area (Å²) in [5.41, 5.74) is 0.763. The SMILES string of the molecule is COc1ccc2nc(COC(=O)c3cccs3)c(C(=O)c3ccccc3)[n+]([O-])c2c1. The van der Waals surface area contributed by atoms with Crippen LogP contribution in [0.3, 0.4) is 0 Å². The number of rotatable bonds is 6. The molecule has 2 aromatic carbocycles. The Morgan fingerprint density at radius 2 is 1.90 bits per heavy atom. The molecule has 0 aliphatic heterocycles. The molecule has 0 spiro atoms. The number of thiophene rings is 1. The van der Waals surface area contributed by atoms with Crippen molar-refractivity contribution in [2.45, 2.75) is 6.61 Å². The zero-order valence-electron chi connectivity index (χ0n) is 15.9. The Bertz CT molecular complexity index is 1220. The lowest BCUT2D eigenvalue weighted by molar-refractivity contribution is -0.580. The molecule has 0 unspecified atom stereocenters. The standard InChI is InChI=1S/C22H16N2O5S/c1-28-15-9-10-16-18(12-15)24(27)20(21(25)14-6-3-2-4-7-14)17(23-16)13-29-22(26)19-8-5-11-30-19/h2-12H,13H2,1H3. The van der Waals surface area contributed by atoms with Crippen molar-refractivity contribution in [2.75, 3.05) is 7.11 Å². The summed E-state index contributed by atoms with van der Waals surface area (Å²) < 4.78 is 11.0. The minimum atomic E-state index is -0.544. The quantitative estimate of drug-likeness (QED) is 0.205. The molecule has 0 N–H and O–H groups in total. The maximum Gasteiger partial charge on any atom is 0.348 e. The molecule has 2 aromatic heterocycles. The van der Waals surface area contributed by atoms with Crippen LogP contribution in [0, 0.1) is 5.21 Å². The highest BCUT2D eigenvalue weighted by atomic mass is 32.1. The highest BCUT2D eigenvalue weighted by molar-refractivity contribution is 7.11. The molecule has 0 fully saturated rings. The van der Waals surface area contributed by atoms with E-state index >= 15 is 0 Å². The van der Waals surface area contributed by atoms with E-state index in [2.05, 4.69) is 4.98 Å². The highest BCUT2D eigenvalue weighted by Crippen LogP contribution is 2.21. The van der Waals surface area contributed by atoms with Crippen LogP contribution < -0.4 is 9.47 Å². The zero-order valence-corrected chi connectivity index (χ0v) is 16.7. The number of ketones is 1. The Hall–Kier alpha value is -3.78. The van der Waals surface area contributed by atoms with Gasteiger partial charge in [0.15, 0.2) is 5.69 Å². The molecule has 0 bridgehead atoms. The van der Waals surface area contributed by atoms with Crippen LogP contribution in [0.2, 0.25) is 0 Å². The van der Waals surface area contributed by atoms with Gasteiger partial charge in [-0.1, -0.05) is 36.4 Å². The second-order valence-corrected chi connectivity index (χ2v) is 7.25. The lowest BCUT2D eigenvalue weighted by Crippen LogP contribution is -2.38. The largest absolute Gasteiger partial charge is 0.618 e. The van der Waals surface area contributed by atoms with Crippen molar-refractivity contribution in [2.24, 2.45) is 0 Å². The first-order chi connectivity index (χ1) is 14.6. The lowest BCUT2D eigenvalue weighted by Gasteiger charge is -2.12. The van der Waals surface area contributed by atoms with Crippen LogP contribution in [0.5, 0.6) is 5.75 Å². The van der Waals surface area contributed by atoms with Crippen molar-refractivity contribution >= 4 is 34.1 Å². The van der Waals surface area contributed by atoms with E-state index in [0.29, 0.717) is 26.4 Å². The first-order valence-electron chi connectivity index (χ1n) is 8.99. The number of carbonyl (C=O) groups excluding carboxylic acids is 2. The molecule has 0 amide bonds. The molecule has 0 atom stereocenters. The van der Waals surface area contributed by atoms with Crippen molar-refractivity contribution < 1.29 is 23.8 Å². The van der Waals surface area contributed by atoms with E-state index in [1.54, 1.807) is 60.0 Å². The van der Waals surface area contributed by atoms with Gasteiger partial charge >= 0.3 is 5.97 Å². The third-order valence-electron chi connectivity index (χ3n) is 4.45. The van der Waals surface area contributed by atoms with Gasteiger partial charge in [-0.15, -0.1) is 11.3 Å². The van der Waals surface area contributed by atoms with E-state index in [9.17, 15) is 14.8 Å². The molecular formula is C22H16N2O5S. The topological polar surface area (TPSA) is 92.4 Å². The van der Waals surface area contributed by atoms with Crippen molar-refractivity contribution in [3.05, 3.63) is 93.1 Å². The maximum atomic E-state index is 13.2. The highest BCUT2D eigenvalue weighted by Gasteiger charge is 2.28. The minimum absolute atomic E-state index is 0.0847. The number of hydrogen-bond donors (Lipinski definition) is 0. The average Bonchev–Trinajstić information content (AvgIpc) is 3.32. The lowest BCUT2D eigenvalue weighted by atomic mass is 10.1. The van der Waals surface area contributed by atoms with Crippen LogP contribution in [0.15, 0.2) is 66.0 Å². The Balaban J connectivity index is 1.80. The molecule has 0 saturated heterocycles. The summed E-state index contributed by atoms with van der Waals surface area (Å²) in [5.74, 6) is -0.592. The Labute approximate surface area is 175 Å². The van der Waals surface area contributed by atoms with Gasteiger partial charge in [-0.2, -0.15) is 4.73 Å². The van der Waals surface area contributed by atoms with E-state index in [0.717, 1.165) is 0 Å². The van der Waals surface area contributed by atoms with Crippen molar-refractivity contribution in [1.82, 2.24) is 4.98 Å². The number of fused-ring (bicyclic) bond motifs is 1. The van der Waals surface area contributed by atoms with E-state index in [4.69, 9.17) is 9.47 Å². The zero-order chi connectivity index (χ0) is 21.1. The molecule has 30 heavy (non-hydrogen) atoms. The first kappa shape index (κ1) is 19.5. The second kappa shape index (κ2) is 8.30. The van der Waals surface area contributed by atoms with E-state index in [1.807, 2.05) is 0 Å². The van der Waals surface area contributed by atoms with Crippen LogP contribution in [0.25, 0.3) is 11.0 Å². The van der Waals surface area contributed by atoms with Gasteiger partial charge in [0.25, 0.3) is 11.5 Å². The number of benzene rings is 2. The first-order valence-corrected chi connectivity index (χ1v) is 9.87. The van der Waals surface area contributed by atoms with Crippen LogP contribution in [0.4, 0.5) is 0 Å². The van der Waals surface area contributed by atoms with Crippen molar-refractivity contribution in [3.8, 4) is 5.75 Å². The van der Waals surface area contributed by atoms with E-state index in [-0.39, 0.29) is 23.5 Å². The van der Waals surface area contributed by atoms with Gasteiger partial charge in [-0.25, -0.2) is 9.78 Å². The summed E-state index contributed by atoms with van der Waals surface area (Å²) in [5, 5.41) is 14.9. The molecule has 0 aliphatic rings. The third kappa shape index (κ3) is 3.72. The number of carbonyl (C=O) groups is 2. The summed E-state index contributed by atoms with van der Waals surface area (Å²) in [6.07, 6.45) is 0. The maximum absolute atomic E-state index is 13.2. The summed E-state index contributed by atoms with van der Waals surface area (Å²) in [4.78, 5) is 30.2. The fourth-order valence-electron chi connectivity index (χ4n) is 2.97. The monoisotopic (exact) mass is 420 g/mol. The molecule has 8 heteroatoms. The van der Waals surface area contributed by atoms with Gasteiger partial charge in [0.1, 0.15) is 22.8 Å². The number of methoxy groups -OCH3 is 1. The molecule has 2 heterocycles. The number of ether oxygens (including phenoxy) is 2. The van der Waals surface area contributed by atoms with Crippen molar-refractivity contribution in [3.63, 3.8) is 0 Å². The van der Waals surface area contributed by atoms with Gasteiger partial charge < -0.3 is 14.7 Å². The van der Waals surface area contributed by atoms with Crippen LogP contribution >= 0.6 is 11.3 Å². The third-order valence-corrected chi connectivity index (χ3v) is 5.30. The van der Waals surface area contributed by atoms with Gasteiger partial charge in [-0.05, 0) is 23.6 Å². The number of hydrogen-bond acceptors (Lipinski definition) is 7. The van der Waals surface area contributed by atoms with Crippen LogP contribution in [-0.4, -0.2) is 23.8 Å². The summed E-state index contributed by atoms with van der Waals surface area (Å²) in [7, 11) is 1.48. The van der Waals surface area contributed by atoms with Gasteiger partial charge in [-0.3, -0.25) is 4.79 Å². The van der Waals surface area contributed by atoms with Gasteiger partial charge in [0, 0.05) is 5.56 Å². The Morgan fingerprint density at radius 3 is 2.60 bits per heavy atom. The fraction of sp³-hybridized carbons (Fsp3) is 0.0909. The number of esters is 1. The second-order valence-electron chi connectivity index (χ2n) is 6.30. The van der Waals surface area contributed by atoms with Crippen molar-refractivity contribution in [1.29, 1.82) is 0 Å². The Morgan fingerprint density at radius 1 is 1.10 bits per heavy atom. The predicted octanol–water partition coefficient (Wildman–Crippen LogP) is 3.53. The van der Waals surface area contributed by atoms with Gasteiger partial charge in [0.05, 0.1) is 13.2 Å². The summed E-state index contributed by atoms with van der Waals surface area (Å²) in [6.45, 7) is -0.311. The predicted molar refractivity (Wildman–Crippen MR) is 111 cm³/mol. The smallest absolute Gasteiger partial charge is 0.348 e. The molecule has 150 valence electrons. The molecule has 4 aromatic rings. The minimum Gasteiger partial charge on any atom is -0.618 e.